The molecule has 126 valence electrons. The van der Waals surface area contributed by atoms with E-state index in [1.54, 1.807) is 0 Å². The van der Waals surface area contributed by atoms with E-state index in [0.717, 1.165) is 34.3 Å². The molecule has 1 N–H and O–H groups in total. The van der Waals surface area contributed by atoms with Crippen molar-refractivity contribution in [2.75, 3.05) is 5.75 Å². The number of hydrogen-bond donors (Lipinski definition) is 1. The summed E-state index contributed by atoms with van der Waals surface area (Å²) < 4.78 is 0. The van der Waals surface area contributed by atoms with E-state index in [2.05, 4.69) is 10.3 Å². The molecule has 0 saturated heterocycles. The fraction of sp³-hybridized carbons (Fsp3) is 0.211. The predicted molar refractivity (Wildman–Crippen MR) is 102 cm³/mol. The molecule has 0 bridgehead atoms. The van der Waals surface area contributed by atoms with Crippen LogP contribution in [0.2, 0.25) is 5.02 Å². The molecule has 0 radical (unpaired) electrons. The zero-order chi connectivity index (χ0) is 17.2. The highest BCUT2D eigenvalue weighted by Crippen LogP contribution is 2.30. The first-order valence-electron chi connectivity index (χ1n) is 8.14. The lowest BCUT2D eigenvalue weighted by atomic mass is 10.2. The van der Waals surface area contributed by atoms with Gasteiger partial charge in [0.05, 0.1) is 11.3 Å². The second-order valence-corrected chi connectivity index (χ2v) is 7.41. The zero-order valence-electron chi connectivity index (χ0n) is 13.4. The SMILES string of the molecule is O=C(CSc1nc(-c2ccccc2)nc2ccc(Cl)cc12)NC1CC1. The first kappa shape index (κ1) is 16.4. The molecule has 1 saturated carbocycles. The van der Waals surface area contributed by atoms with Gasteiger partial charge in [-0.15, -0.1) is 0 Å². The molecule has 1 aliphatic rings. The third-order valence-electron chi connectivity index (χ3n) is 3.94. The Labute approximate surface area is 155 Å². The van der Waals surface area contributed by atoms with Crippen molar-refractivity contribution in [3.8, 4) is 11.4 Å². The Hall–Kier alpha value is -2.11. The summed E-state index contributed by atoms with van der Waals surface area (Å²) in [5.74, 6) is 1.03. The highest BCUT2D eigenvalue weighted by atomic mass is 35.5. The molecule has 25 heavy (non-hydrogen) atoms. The van der Waals surface area contributed by atoms with Crippen molar-refractivity contribution in [3.63, 3.8) is 0 Å². The van der Waals surface area contributed by atoms with Crippen LogP contribution in [0, 0.1) is 0 Å². The summed E-state index contributed by atoms with van der Waals surface area (Å²) in [7, 11) is 0. The zero-order valence-corrected chi connectivity index (χ0v) is 15.0. The van der Waals surface area contributed by atoms with Crippen LogP contribution in [0.1, 0.15) is 12.8 Å². The molecular formula is C19H16ClN3OS. The van der Waals surface area contributed by atoms with Crippen LogP contribution in [0.4, 0.5) is 0 Å². The molecule has 0 aliphatic heterocycles. The average molecular weight is 370 g/mol. The monoisotopic (exact) mass is 369 g/mol. The van der Waals surface area contributed by atoms with Crippen molar-refractivity contribution in [1.82, 2.24) is 15.3 Å². The van der Waals surface area contributed by atoms with Gasteiger partial charge in [0.2, 0.25) is 5.91 Å². The number of fused-ring (bicyclic) bond motifs is 1. The molecule has 4 rings (SSSR count). The molecule has 4 nitrogen and oxygen atoms in total. The number of amides is 1. The Bertz CT molecular complexity index is 929. The first-order chi connectivity index (χ1) is 12.2. The van der Waals surface area contributed by atoms with E-state index in [0.29, 0.717) is 22.6 Å². The summed E-state index contributed by atoms with van der Waals surface area (Å²) >= 11 is 7.57. The second kappa shape index (κ2) is 7.02. The standard InChI is InChI=1S/C19H16ClN3OS/c20-13-6-9-16-15(10-13)19(25-11-17(24)21-14-7-8-14)23-18(22-16)12-4-2-1-3-5-12/h1-6,9-10,14H,7-8,11H2,(H,21,24). The largest absolute Gasteiger partial charge is 0.353 e. The van der Waals surface area contributed by atoms with Crippen LogP contribution < -0.4 is 5.32 Å². The van der Waals surface area contributed by atoms with Crippen molar-refractivity contribution in [3.05, 3.63) is 53.6 Å². The topological polar surface area (TPSA) is 54.9 Å². The Morgan fingerprint density at radius 3 is 2.72 bits per heavy atom. The van der Waals surface area contributed by atoms with Crippen LogP contribution in [0.15, 0.2) is 53.6 Å². The second-order valence-electron chi connectivity index (χ2n) is 6.01. The van der Waals surface area contributed by atoms with Gasteiger partial charge in [0.1, 0.15) is 5.03 Å². The number of carbonyl (C=O) groups is 1. The van der Waals surface area contributed by atoms with Gasteiger partial charge >= 0.3 is 0 Å². The van der Waals surface area contributed by atoms with Crippen molar-refractivity contribution in [1.29, 1.82) is 0 Å². The molecule has 6 heteroatoms. The summed E-state index contributed by atoms with van der Waals surface area (Å²) in [5, 5.41) is 5.28. The smallest absolute Gasteiger partial charge is 0.230 e. The van der Waals surface area contributed by atoms with Crippen molar-refractivity contribution in [2.45, 2.75) is 23.9 Å². The summed E-state index contributed by atoms with van der Waals surface area (Å²) in [4.78, 5) is 21.4. The van der Waals surface area contributed by atoms with Crippen molar-refractivity contribution in [2.24, 2.45) is 0 Å². The van der Waals surface area contributed by atoms with Gasteiger partial charge in [0.15, 0.2) is 5.82 Å². The fourth-order valence-corrected chi connectivity index (χ4v) is 3.52. The van der Waals surface area contributed by atoms with Gasteiger partial charge < -0.3 is 5.32 Å². The van der Waals surface area contributed by atoms with Crippen molar-refractivity contribution < 1.29 is 4.79 Å². The Kier molecular flexibility index (Phi) is 4.59. The Morgan fingerprint density at radius 2 is 1.96 bits per heavy atom. The van der Waals surface area contributed by atoms with Gasteiger partial charge in [-0.1, -0.05) is 53.7 Å². The normalized spacial score (nSPS) is 13.8. The number of thioether (sulfide) groups is 1. The third-order valence-corrected chi connectivity index (χ3v) is 5.16. The van der Waals surface area contributed by atoms with Gasteiger partial charge in [-0.25, -0.2) is 9.97 Å². The maximum absolute atomic E-state index is 12.0. The molecule has 1 heterocycles. The van der Waals surface area contributed by atoms with E-state index >= 15 is 0 Å². The highest BCUT2D eigenvalue weighted by Gasteiger charge is 2.23. The highest BCUT2D eigenvalue weighted by molar-refractivity contribution is 8.00. The van der Waals surface area contributed by atoms with E-state index in [1.807, 2.05) is 48.5 Å². The number of carbonyl (C=O) groups excluding carboxylic acids is 1. The quantitative estimate of drug-likeness (QED) is 0.537. The lowest BCUT2D eigenvalue weighted by molar-refractivity contribution is -0.118. The van der Waals surface area contributed by atoms with E-state index in [4.69, 9.17) is 16.6 Å². The molecule has 1 fully saturated rings. The number of rotatable bonds is 5. The number of nitrogens with zero attached hydrogens (tertiary/aromatic N) is 2. The van der Waals surface area contributed by atoms with Crippen LogP contribution in [-0.2, 0) is 4.79 Å². The minimum absolute atomic E-state index is 0.0440. The van der Waals surface area contributed by atoms with Gasteiger partial charge in [-0.05, 0) is 31.0 Å². The minimum Gasteiger partial charge on any atom is -0.353 e. The molecule has 2 aromatic carbocycles. The maximum Gasteiger partial charge on any atom is 0.230 e. The summed E-state index contributed by atoms with van der Waals surface area (Å²) in [6, 6.07) is 15.8. The molecule has 1 aliphatic carbocycles. The molecule has 0 spiro atoms. The van der Waals surface area contributed by atoms with Gasteiger partial charge in [0, 0.05) is 22.0 Å². The number of aromatic nitrogens is 2. The van der Waals surface area contributed by atoms with Crippen LogP contribution in [0.25, 0.3) is 22.3 Å². The Balaban J connectivity index is 1.68. The summed E-state index contributed by atoms with van der Waals surface area (Å²) in [5.41, 5.74) is 1.77. The number of nitrogens with one attached hydrogen (secondary N) is 1. The molecule has 1 amide bonds. The van der Waals surface area contributed by atoms with Crippen LogP contribution in [0.5, 0.6) is 0 Å². The molecular weight excluding hydrogens is 354 g/mol. The van der Waals surface area contributed by atoms with Crippen LogP contribution in [0.3, 0.4) is 0 Å². The first-order valence-corrected chi connectivity index (χ1v) is 9.50. The van der Waals surface area contributed by atoms with E-state index in [-0.39, 0.29) is 5.91 Å². The Morgan fingerprint density at radius 1 is 1.16 bits per heavy atom. The van der Waals surface area contributed by atoms with Gasteiger partial charge in [-0.2, -0.15) is 0 Å². The van der Waals surface area contributed by atoms with Gasteiger partial charge in [0.25, 0.3) is 0 Å². The number of hydrogen-bond acceptors (Lipinski definition) is 4. The van der Waals surface area contributed by atoms with Crippen molar-refractivity contribution >= 4 is 40.2 Å². The molecule has 0 unspecified atom stereocenters. The average Bonchev–Trinajstić information content (AvgIpc) is 3.44. The number of halogens is 1. The number of benzene rings is 2. The van der Waals surface area contributed by atoms with E-state index < -0.39 is 0 Å². The molecule has 3 aromatic rings. The minimum atomic E-state index is 0.0440. The summed E-state index contributed by atoms with van der Waals surface area (Å²) in [6.45, 7) is 0. The molecule has 0 atom stereocenters. The molecule has 1 aromatic heterocycles. The van der Waals surface area contributed by atoms with Gasteiger partial charge in [-0.3, -0.25) is 4.79 Å². The maximum atomic E-state index is 12.0. The van der Waals surface area contributed by atoms with Crippen LogP contribution in [-0.4, -0.2) is 27.7 Å². The lowest BCUT2D eigenvalue weighted by Gasteiger charge is -2.09. The van der Waals surface area contributed by atoms with E-state index in [9.17, 15) is 4.79 Å². The fourth-order valence-electron chi connectivity index (χ4n) is 2.53. The van der Waals surface area contributed by atoms with Crippen LogP contribution >= 0.6 is 23.4 Å². The van der Waals surface area contributed by atoms with E-state index in [1.165, 1.54) is 11.8 Å². The predicted octanol–water partition coefficient (Wildman–Crippen LogP) is 4.32. The third kappa shape index (κ3) is 3.94. The lowest BCUT2D eigenvalue weighted by Crippen LogP contribution is -2.27. The summed E-state index contributed by atoms with van der Waals surface area (Å²) in [6.07, 6.45) is 2.17.